The summed E-state index contributed by atoms with van der Waals surface area (Å²) in [6.07, 6.45) is -0.645. The number of methoxy groups -OCH3 is 1. The molecule has 0 aromatic heterocycles. The largest absolute Gasteiger partial charge is 0.507 e. The number of Topliss-reactive ketones (excluding diaryl/α,β-unsaturated/α-hetero) is 1. The molecule has 0 amide bonds. The van der Waals surface area contributed by atoms with Crippen LogP contribution in [0.4, 0.5) is 0 Å². The number of phenols is 3. The standard InChI is InChI=1S/C16H13BrO6/c1-22-12-3-2-7(4-8(12)18)13-6-10(20)14-9(19)5-11(21)15(17)16(14)23-13/h2-5,13,18-19,21H,6H2,1H3/t13-/m0/s1. The summed E-state index contributed by atoms with van der Waals surface area (Å²) in [5.74, 6) is -0.546. The van der Waals surface area contributed by atoms with E-state index in [4.69, 9.17) is 9.47 Å². The van der Waals surface area contributed by atoms with Crippen LogP contribution in [0.2, 0.25) is 0 Å². The first-order valence-electron chi connectivity index (χ1n) is 6.73. The number of hydrogen-bond acceptors (Lipinski definition) is 6. The molecule has 3 N–H and O–H groups in total. The van der Waals surface area contributed by atoms with Crippen molar-refractivity contribution in [1.29, 1.82) is 0 Å². The van der Waals surface area contributed by atoms with Crippen molar-refractivity contribution in [2.75, 3.05) is 7.11 Å². The average Bonchev–Trinajstić information content (AvgIpc) is 2.51. The maximum absolute atomic E-state index is 12.3. The second kappa shape index (κ2) is 5.66. The van der Waals surface area contributed by atoms with Crippen LogP contribution in [-0.4, -0.2) is 28.2 Å². The number of phenolic OH excluding ortho intramolecular Hbond substituents is 3. The van der Waals surface area contributed by atoms with Gasteiger partial charge >= 0.3 is 0 Å². The van der Waals surface area contributed by atoms with Gasteiger partial charge in [0, 0.05) is 6.07 Å². The summed E-state index contributed by atoms with van der Waals surface area (Å²) in [7, 11) is 1.44. The summed E-state index contributed by atoms with van der Waals surface area (Å²) < 4.78 is 10.9. The molecule has 0 aliphatic carbocycles. The molecule has 0 bridgehead atoms. The van der Waals surface area contributed by atoms with Gasteiger partial charge in [0.2, 0.25) is 0 Å². The summed E-state index contributed by atoms with van der Waals surface area (Å²) in [5.41, 5.74) is 0.612. The molecule has 0 saturated carbocycles. The van der Waals surface area contributed by atoms with Gasteiger partial charge in [0.25, 0.3) is 0 Å². The third-order valence-electron chi connectivity index (χ3n) is 3.67. The molecule has 0 fully saturated rings. The summed E-state index contributed by atoms with van der Waals surface area (Å²) in [5, 5.41) is 29.5. The van der Waals surface area contributed by atoms with Crippen molar-refractivity contribution >= 4 is 21.7 Å². The quantitative estimate of drug-likeness (QED) is 0.739. The maximum Gasteiger partial charge on any atom is 0.174 e. The SMILES string of the molecule is COc1ccc([C@@H]2CC(=O)c3c(O)cc(O)c(Br)c3O2)cc1O. The molecule has 1 aliphatic rings. The van der Waals surface area contributed by atoms with Gasteiger partial charge in [0.15, 0.2) is 23.0 Å². The fourth-order valence-electron chi connectivity index (χ4n) is 2.54. The van der Waals surface area contributed by atoms with Crippen molar-refractivity contribution in [2.45, 2.75) is 12.5 Å². The first kappa shape index (κ1) is 15.5. The van der Waals surface area contributed by atoms with Crippen LogP contribution >= 0.6 is 15.9 Å². The normalized spacial score (nSPS) is 16.6. The molecule has 0 saturated heterocycles. The van der Waals surface area contributed by atoms with Crippen molar-refractivity contribution < 1.29 is 29.6 Å². The Bertz CT molecular complexity index is 802. The summed E-state index contributed by atoms with van der Waals surface area (Å²) in [6.45, 7) is 0. The minimum atomic E-state index is -0.649. The molecule has 2 aromatic carbocycles. The van der Waals surface area contributed by atoms with E-state index in [9.17, 15) is 20.1 Å². The molecule has 1 heterocycles. The molecule has 23 heavy (non-hydrogen) atoms. The predicted octanol–water partition coefficient (Wildman–Crippen LogP) is 3.28. The Hall–Kier alpha value is -2.41. The second-order valence-electron chi connectivity index (χ2n) is 5.10. The van der Waals surface area contributed by atoms with E-state index in [1.165, 1.54) is 13.2 Å². The fraction of sp³-hybridized carbons (Fsp3) is 0.188. The molecule has 3 rings (SSSR count). The van der Waals surface area contributed by atoms with Gasteiger partial charge in [-0.3, -0.25) is 4.79 Å². The van der Waals surface area contributed by atoms with Crippen LogP contribution in [0.5, 0.6) is 28.7 Å². The van der Waals surface area contributed by atoms with Crippen molar-refractivity contribution in [3.8, 4) is 28.7 Å². The Morgan fingerprint density at radius 3 is 2.57 bits per heavy atom. The van der Waals surface area contributed by atoms with Crippen molar-refractivity contribution in [1.82, 2.24) is 0 Å². The molecule has 2 aromatic rings. The molecule has 0 unspecified atom stereocenters. The lowest BCUT2D eigenvalue weighted by Gasteiger charge is -2.27. The highest BCUT2D eigenvalue weighted by molar-refractivity contribution is 9.10. The van der Waals surface area contributed by atoms with Gasteiger partial charge in [-0.05, 0) is 33.6 Å². The third-order valence-corrected chi connectivity index (χ3v) is 4.43. The van der Waals surface area contributed by atoms with E-state index >= 15 is 0 Å². The molecule has 1 aliphatic heterocycles. The molecule has 1 atom stereocenters. The number of benzene rings is 2. The molecular formula is C16H13BrO6. The lowest BCUT2D eigenvalue weighted by atomic mass is 9.95. The molecule has 120 valence electrons. The zero-order valence-corrected chi connectivity index (χ0v) is 13.6. The van der Waals surface area contributed by atoms with Gasteiger partial charge in [-0.15, -0.1) is 0 Å². The van der Waals surface area contributed by atoms with Gasteiger partial charge < -0.3 is 24.8 Å². The number of ether oxygens (including phenoxy) is 2. The summed E-state index contributed by atoms with van der Waals surface area (Å²) in [6, 6.07) is 5.79. The van der Waals surface area contributed by atoms with Crippen LogP contribution in [-0.2, 0) is 0 Å². The van der Waals surface area contributed by atoms with Crippen LogP contribution < -0.4 is 9.47 Å². The van der Waals surface area contributed by atoms with E-state index in [-0.39, 0.29) is 45.2 Å². The van der Waals surface area contributed by atoms with Crippen LogP contribution in [0.1, 0.15) is 28.4 Å². The van der Waals surface area contributed by atoms with Crippen LogP contribution in [0.25, 0.3) is 0 Å². The maximum atomic E-state index is 12.3. The third kappa shape index (κ3) is 2.57. The number of aromatic hydroxyl groups is 3. The molecular weight excluding hydrogens is 368 g/mol. The Morgan fingerprint density at radius 2 is 1.91 bits per heavy atom. The highest BCUT2D eigenvalue weighted by Gasteiger charge is 2.33. The van der Waals surface area contributed by atoms with Gasteiger partial charge in [0.05, 0.1) is 13.5 Å². The Balaban J connectivity index is 2.04. The summed E-state index contributed by atoms with van der Waals surface area (Å²) >= 11 is 3.16. The Kier molecular flexibility index (Phi) is 3.81. The molecule has 7 heteroatoms. The average molecular weight is 381 g/mol. The fourth-order valence-corrected chi connectivity index (χ4v) is 2.94. The predicted molar refractivity (Wildman–Crippen MR) is 84.4 cm³/mol. The van der Waals surface area contributed by atoms with Gasteiger partial charge in [-0.25, -0.2) is 0 Å². The van der Waals surface area contributed by atoms with Gasteiger partial charge in [0.1, 0.15) is 27.6 Å². The van der Waals surface area contributed by atoms with E-state index < -0.39 is 6.10 Å². The van der Waals surface area contributed by atoms with E-state index in [0.717, 1.165) is 6.07 Å². The highest BCUT2D eigenvalue weighted by Crippen LogP contribution is 2.48. The zero-order chi connectivity index (χ0) is 16.7. The topological polar surface area (TPSA) is 96.2 Å². The Morgan fingerprint density at radius 1 is 1.17 bits per heavy atom. The highest BCUT2D eigenvalue weighted by atomic mass is 79.9. The smallest absolute Gasteiger partial charge is 0.174 e. The van der Waals surface area contributed by atoms with Crippen LogP contribution in [0, 0.1) is 0 Å². The Labute approximate surface area is 140 Å². The lowest BCUT2D eigenvalue weighted by Crippen LogP contribution is -2.21. The number of halogens is 1. The number of carbonyl (C=O) groups excluding carboxylic acids is 1. The van der Waals surface area contributed by atoms with Crippen molar-refractivity contribution in [2.24, 2.45) is 0 Å². The van der Waals surface area contributed by atoms with Crippen LogP contribution in [0.3, 0.4) is 0 Å². The van der Waals surface area contributed by atoms with Gasteiger partial charge in [-0.2, -0.15) is 0 Å². The lowest BCUT2D eigenvalue weighted by molar-refractivity contribution is 0.0842. The number of fused-ring (bicyclic) bond motifs is 1. The minimum Gasteiger partial charge on any atom is -0.507 e. The first-order chi connectivity index (χ1) is 10.9. The number of carbonyl (C=O) groups is 1. The molecule has 0 radical (unpaired) electrons. The van der Waals surface area contributed by atoms with Crippen molar-refractivity contribution in [3.05, 3.63) is 39.9 Å². The van der Waals surface area contributed by atoms with Gasteiger partial charge in [-0.1, -0.05) is 6.07 Å². The van der Waals surface area contributed by atoms with E-state index in [0.29, 0.717) is 11.3 Å². The molecule has 0 spiro atoms. The van der Waals surface area contributed by atoms with E-state index in [1.807, 2.05) is 0 Å². The molecule has 6 nitrogen and oxygen atoms in total. The summed E-state index contributed by atoms with van der Waals surface area (Å²) in [4.78, 5) is 12.3. The number of rotatable bonds is 2. The van der Waals surface area contributed by atoms with E-state index in [2.05, 4.69) is 15.9 Å². The second-order valence-corrected chi connectivity index (χ2v) is 5.89. The van der Waals surface area contributed by atoms with Crippen molar-refractivity contribution in [3.63, 3.8) is 0 Å². The number of ketones is 1. The zero-order valence-electron chi connectivity index (χ0n) is 12.0. The monoisotopic (exact) mass is 380 g/mol. The minimum absolute atomic E-state index is 0.00352. The number of hydrogen-bond donors (Lipinski definition) is 3. The first-order valence-corrected chi connectivity index (χ1v) is 7.52. The van der Waals surface area contributed by atoms with Crippen LogP contribution in [0.15, 0.2) is 28.7 Å². The van der Waals surface area contributed by atoms with E-state index in [1.54, 1.807) is 12.1 Å².